The number of amides is 1. The highest BCUT2D eigenvalue weighted by molar-refractivity contribution is 5.76. The van der Waals surface area contributed by atoms with Crippen LogP contribution in [0.5, 0.6) is 6.01 Å². The smallest absolute Gasteiger partial charge is 0.316 e. The number of carbonyl (C=O) groups excluding carboxylic acids is 1. The highest BCUT2D eigenvalue weighted by Crippen LogP contribution is 2.11. The molecule has 0 bridgehead atoms. The Bertz CT molecular complexity index is 404. The van der Waals surface area contributed by atoms with Crippen molar-refractivity contribution in [1.82, 2.24) is 15.3 Å². The Balaban J connectivity index is 2.33. The van der Waals surface area contributed by atoms with E-state index in [9.17, 15) is 4.79 Å². The average Bonchev–Trinajstić information content (AvgIpc) is 2.43. The molecule has 1 aromatic rings. The van der Waals surface area contributed by atoms with Crippen LogP contribution in [0.3, 0.4) is 0 Å². The number of aliphatic hydroxyl groups excluding tert-OH is 1. The summed E-state index contributed by atoms with van der Waals surface area (Å²) in [4.78, 5) is 19.6. The molecule has 1 aromatic heterocycles. The highest BCUT2D eigenvalue weighted by atomic mass is 16.5. The summed E-state index contributed by atoms with van der Waals surface area (Å²) in [6.07, 6.45) is 4.25. The van der Waals surface area contributed by atoms with Gasteiger partial charge in [-0.3, -0.25) is 4.79 Å². The third-order valence-corrected chi connectivity index (χ3v) is 2.70. The Labute approximate surface area is 113 Å². The van der Waals surface area contributed by atoms with Crippen LogP contribution in [0.4, 0.5) is 0 Å². The third kappa shape index (κ3) is 5.65. The fraction of sp³-hybridized carbons (Fsp3) is 0.615. The lowest BCUT2D eigenvalue weighted by Crippen LogP contribution is -2.36. The van der Waals surface area contributed by atoms with Gasteiger partial charge in [0.1, 0.15) is 0 Å². The minimum atomic E-state index is -0.293. The van der Waals surface area contributed by atoms with Crippen LogP contribution < -0.4 is 10.1 Å². The first-order valence-electron chi connectivity index (χ1n) is 6.19. The Hall–Kier alpha value is -1.69. The van der Waals surface area contributed by atoms with Gasteiger partial charge in [0.15, 0.2) is 0 Å². The molecule has 0 fully saturated rings. The van der Waals surface area contributed by atoms with E-state index >= 15 is 0 Å². The first-order chi connectivity index (χ1) is 8.96. The molecule has 0 saturated carbocycles. The van der Waals surface area contributed by atoms with Crippen LogP contribution in [0, 0.1) is 5.41 Å². The van der Waals surface area contributed by atoms with Crippen LogP contribution in [-0.2, 0) is 11.2 Å². The van der Waals surface area contributed by atoms with Crippen molar-refractivity contribution in [2.45, 2.75) is 26.7 Å². The van der Waals surface area contributed by atoms with Gasteiger partial charge in [0, 0.05) is 37.4 Å². The number of nitrogens with one attached hydrogen (secondary N) is 1. The maximum atomic E-state index is 11.6. The zero-order valence-electron chi connectivity index (χ0n) is 11.6. The lowest BCUT2D eigenvalue weighted by molar-refractivity contribution is -0.121. The first kappa shape index (κ1) is 15.4. The molecule has 0 aliphatic heterocycles. The van der Waals surface area contributed by atoms with Crippen LogP contribution in [0.25, 0.3) is 0 Å². The van der Waals surface area contributed by atoms with Crippen LogP contribution >= 0.6 is 0 Å². The maximum Gasteiger partial charge on any atom is 0.316 e. The minimum absolute atomic E-state index is 0.0413. The topological polar surface area (TPSA) is 84.3 Å². The number of ether oxygens (including phenoxy) is 1. The Morgan fingerprint density at radius 2 is 2.05 bits per heavy atom. The van der Waals surface area contributed by atoms with Crippen molar-refractivity contribution in [1.29, 1.82) is 0 Å². The molecule has 1 rings (SSSR count). The summed E-state index contributed by atoms with van der Waals surface area (Å²) in [7, 11) is 1.51. The van der Waals surface area contributed by atoms with Gasteiger partial charge >= 0.3 is 6.01 Å². The molecule has 6 heteroatoms. The number of rotatable bonds is 7. The molecule has 0 aliphatic rings. The van der Waals surface area contributed by atoms with E-state index in [1.807, 2.05) is 13.8 Å². The standard InChI is InChI=1S/C13H21N3O3/c1-13(2,9-17)8-16-11(18)5-4-10-6-14-12(19-3)15-7-10/h6-7,17H,4-5,8-9H2,1-3H3,(H,16,18). The van der Waals surface area contributed by atoms with E-state index in [2.05, 4.69) is 15.3 Å². The normalized spacial score (nSPS) is 11.2. The summed E-state index contributed by atoms with van der Waals surface area (Å²) in [6, 6.07) is 0.317. The Kier molecular flexibility index (Phi) is 5.69. The predicted octanol–water partition coefficient (Wildman–Crippen LogP) is 0.552. The van der Waals surface area contributed by atoms with Crippen LogP contribution in [0.2, 0.25) is 0 Å². The molecule has 0 atom stereocenters. The third-order valence-electron chi connectivity index (χ3n) is 2.70. The number of aliphatic hydroxyl groups is 1. The summed E-state index contributed by atoms with van der Waals surface area (Å²) in [5.41, 5.74) is 0.594. The molecule has 0 spiro atoms. The first-order valence-corrected chi connectivity index (χ1v) is 6.19. The fourth-order valence-electron chi connectivity index (χ4n) is 1.32. The number of hydrogen-bond donors (Lipinski definition) is 2. The molecular formula is C13H21N3O3. The molecule has 2 N–H and O–H groups in total. The van der Waals surface area contributed by atoms with Gasteiger partial charge in [0.05, 0.1) is 7.11 Å². The van der Waals surface area contributed by atoms with Gasteiger partial charge < -0.3 is 15.2 Å². The van der Waals surface area contributed by atoms with E-state index in [1.54, 1.807) is 12.4 Å². The van der Waals surface area contributed by atoms with Crippen molar-refractivity contribution in [3.8, 4) is 6.01 Å². The molecule has 0 saturated heterocycles. The van der Waals surface area contributed by atoms with E-state index < -0.39 is 0 Å². The summed E-state index contributed by atoms with van der Waals surface area (Å²) in [6.45, 7) is 4.29. The molecule has 6 nitrogen and oxygen atoms in total. The quantitative estimate of drug-likeness (QED) is 0.753. The number of hydrogen-bond acceptors (Lipinski definition) is 5. The SMILES string of the molecule is COc1ncc(CCC(=O)NCC(C)(C)CO)cn1. The second kappa shape index (κ2) is 7.04. The largest absolute Gasteiger partial charge is 0.467 e. The van der Waals surface area contributed by atoms with Crippen molar-refractivity contribution >= 4 is 5.91 Å². The van der Waals surface area contributed by atoms with Gasteiger partial charge in [-0.25, -0.2) is 9.97 Å². The minimum Gasteiger partial charge on any atom is -0.467 e. The Morgan fingerprint density at radius 1 is 1.42 bits per heavy atom. The van der Waals surface area contributed by atoms with Crippen molar-refractivity contribution in [3.05, 3.63) is 18.0 Å². The number of aromatic nitrogens is 2. The molecule has 0 aliphatic carbocycles. The monoisotopic (exact) mass is 267 g/mol. The molecule has 1 amide bonds. The fourth-order valence-corrected chi connectivity index (χ4v) is 1.32. The van der Waals surface area contributed by atoms with E-state index in [-0.39, 0.29) is 17.9 Å². The van der Waals surface area contributed by atoms with Crippen molar-refractivity contribution in [3.63, 3.8) is 0 Å². The number of methoxy groups -OCH3 is 1. The van der Waals surface area contributed by atoms with E-state index in [0.717, 1.165) is 5.56 Å². The van der Waals surface area contributed by atoms with Gasteiger partial charge in [0.2, 0.25) is 5.91 Å². The molecule has 0 unspecified atom stereocenters. The van der Waals surface area contributed by atoms with Gasteiger partial charge in [-0.2, -0.15) is 0 Å². The molecule has 0 aromatic carbocycles. The molecule has 0 radical (unpaired) electrons. The Morgan fingerprint density at radius 3 is 2.58 bits per heavy atom. The molecular weight excluding hydrogens is 246 g/mol. The lowest BCUT2D eigenvalue weighted by atomic mass is 9.95. The summed E-state index contributed by atoms with van der Waals surface area (Å²) < 4.78 is 4.86. The van der Waals surface area contributed by atoms with Crippen molar-refractivity contribution in [2.75, 3.05) is 20.3 Å². The van der Waals surface area contributed by atoms with E-state index in [1.165, 1.54) is 7.11 Å². The van der Waals surface area contributed by atoms with E-state index in [4.69, 9.17) is 9.84 Å². The number of carbonyl (C=O) groups is 1. The van der Waals surface area contributed by atoms with Crippen molar-refractivity contribution in [2.24, 2.45) is 5.41 Å². The number of aryl methyl sites for hydroxylation is 1. The molecule has 1 heterocycles. The van der Waals surface area contributed by atoms with Crippen LogP contribution in [0.15, 0.2) is 12.4 Å². The van der Waals surface area contributed by atoms with Gasteiger partial charge in [-0.1, -0.05) is 13.8 Å². The predicted molar refractivity (Wildman–Crippen MR) is 70.8 cm³/mol. The van der Waals surface area contributed by atoms with Gasteiger partial charge in [-0.15, -0.1) is 0 Å². The molecule has 19 heavy (non-hydrogen) atoms. The lowest BCUT2D eigenvalue weighted by Gasteiger charge is -2.21. The van der Waals surface area contributed by atoms with Crippen molar-refractivity contribution < 1.29 is 14.6 Å². The van der Waals surface area contributed by atoms with Gasteiger partial charge in [-0.05, 0) is 12.0 Å². The summed E-state index contributed by atoms with van der Waals surface area (Å²) in [5.74, 6) is -0.0441. The van der Waals surface area contributed by atoms with Crippen LogP contribution in [-0.4, -0.2) is 41.2 Å². The summed E-state index contributed by atoms with van der Waals surface area (Å²) in [5, 5.41) is 11.9. The number of nitrogens with zero attached hydrogens (tertiary/aromatic N) is 2. The second-order valence-electron chi connectivity index (χ2n) is 5.18. The van der Waals surface area contributed by atoms with Crippen LogP contribution in [0.1, 0.15) is 25.8 Å². The zero-order chi connectivity index (χ0) is 14.3. The highest BCUT2D eigenvalue weighted by Gasteiger charge is 2.17. The average molecular weight is 267 g/mol. The van der Waals surface area contributed by atoms with E-state index in [0.29, 0.717) is 25.4 Å². The molecule has 106 valence electrons. The summed E-state index contributed by atoms with van der Waals surface area (Å²) >= 11 is 0. The second-order valence-corrected chi connectivity index (χ2v) is 5.18. The zero-order valence-corrected chi connectivity index (χ0v) is 11.6. The maximum absolute atomic E-state index is 11.6. The van der Waals surface area contributed by atoms with Gasteiger partial charge in [0.25, 0.3) is 0 Å².